The summed E-state index contributed by atoms with van der Waals surface area (Å²) in [5.41, 5.74) is 8.91. The van der Waals surface area contributed by atoms with Crippen molar-refractivity contribution in [2.45, 2.75) is 27.2 Å². The van der Waals surface area contributed by atoms with Gasteiger partial charge in [0.1, 0.15) is 5.84 Å². The van der Waals surface area contributed by atoms with E-state index >= 15 is 0 Å². The van der Waals surface area contributed by atoms with Gasteiger partial charge in [0, 0.05) is 24.3 Å². The highest BCUT2D eigenvalue weighted by atomic mass is 15.1. The van der Waals surface area contributed by atoms with Crippen LogP contribution in [0.2, 0.25) is 0 Å². The Balaban J connectivity index is 2.36. The molecule has 2 unspecified atom stereocenters. The second-order valence-electron chi connectivity index (χ2n) is 5.79. The number of benzene rings is 1. The molecule has 3 heteroatoms. The number of nitrogens with two attached hydrogens (primary N) is 1. The Labute approximate surface area is 109 Å². The van der Waals surface area contributed by atoms with Crippen molar-refractivity contribution >= 4 is 11.5 Å². The van der Waals surface area contributed by atoms with Gasteiger partial charge in [-0.1, -0.05) is 19.9 Å². The summed E-state index contributed by atoms with van der Waals surface area (Å²) in [7, 11) is 0. The monoisotopic (exact) mass is 245 g/mol. The number of anilines is 1. The maximum Gasteiger partial charge on any atom is 0.124 e. The van der Waals surface area contributed by atoms with E-state index in [1.54, 1.807) is 0 Å². The third-order valence-corrected chi connectivity index (χ3v) is 3.65. The number of rotatable bonds is 2. The molecule has 0 amide bonds. The maximum absolute atomic E-state index is 7.72. The summed E-state index contributed by atoms with van der Waals surface area (Å²) in [6, 6.07) is 6.15. The molecule has 98 valence electrons. The highest BCUT2D eigenvalue weighted by Gasteiger charge is 2.24. The quantitative estimate of drug-likeness (QED) is 0.622. The van der Waals surface area contributed by atoms with Gasteiger partial charge in [-0.15, -0.1) is 0 Å². The van der Waals surface area contributed by atoms with Crippen molar-refractivity contribution in [3.63, 3.8) is 0 Å². The molecule has 1 aliphatic heterocycles. The second-order valence-corrected chi connectivity index (χ2v) is 5.79. The van der Waals surface area contributed by atoms with Crippen LogP contribution < -0.4 is 10.6 Å². The van der Waals surface area contributed by atoms with E-state index in [0.717, 1.165) is 24.3 Å². The highest BCUT2D eigenvalue weighted by Crippen LogP contribution is 2.29. The molecule has 0 radical (unpaired) electrons. The summed E-state index contributed by atoms with van der Waals surface area (Å²) in [5.74, 6) is 1.57. The van der Waals surface area contributed by atoms with Crippen LogP contribution >= 0.6 is 0 Å². The minimum atomic E-state index is 0.163. The fraction of sp³-hybridized carbons (Fsp3) is 0.533. The molecule has 2 atom stereocenters. The highest BCUT2D eigenvalue weighted by molar-refractivity contribution is 6.00. The first-order valence-corrected chi connectivity index (χ1v) is 6.67. The third-order valence-electron chi connectivity index (χ3n) is 3.65. The Morgan fingerprint density at radius 3 is 2.44 bits per heavy atom. The van der Waals surface area contributed by atoms with E-state index in [4.69, 9.17) is 11.1 Å². The van der Waals surface area contributed by atoms with Crippen molar-refractivity contribution in [2.24, 2.45) is 17.6 Å². The van der Waals surface area contributed by atoms with Crippen LogP contribution in [0.3, 0.4) is 0 Å². The van der Waals surface area contributed by atoms with Crippen molar-refractivity contribution in [1.29, 1.82) is 5.41 Å². The van der Waals surface area contributed by atoms with Crippen molar-refractivity contribution in [1.82, 2.24) is 0 Å². The molecular formula is C15H23N3. The molecule has 0 saturated carbocycles. The van der Waals surface area contributed by atoms with Gasteiger partial charge in [-0.2, -0.15) is 0 Å². The number of aryl methyl sites for hydroxylation is 1. The van der Waals surface area contributed by atoms with Crippen LogP contribution in [0.15, 0.2) is 18.2 Å². The van der Waals surface area contributed by atoms with Crippen LogP contribution in [0.25, 0.3) is 0 Å². The van der Waals surface area contributed by atoms with E-state index in [-0.39, 0.29) is 5.84 Å². The molecular weight excluding hydrogens is 222 g/mol. The van der Waals surface area contributed by atoms with Crippen LogP contribution in [0, 0.1) is 24.2 Å². The van der Waals surface area contributed by atoms with Crippen LogP contribution in [-0.4, -0.2) is 18.9 Å². The normalized spacial score (nSPS) is 24.1. The SMILES string of the molecule is Cc1ccc(C(=N)N)c(N2CC(C)CC(C)C2)c1. The van der Waals surface area contributed by atoms with Gasteiger partial charge in [0.15, 0.2) is 0 Å². The summed E-state index contributed by atoms with van der Waals surface area (Å²) in [6.07, 6.45) is 1.29. The molecule has 18 heavy (non-hydrogen) atoms. The lowest BCUT2D eigenvalue weighted by Gasteiger charge is -2.37. The summed E-state index contributed by atoms with van der Waals surface area (Å²) in [6.45, 7) is 8.81. The third kappa shape index (κ3) is 2.66. The molecule has 3 nitrogen and oxygen atoms in total. The molecule has 0 aromatic heterocycles. The van der Waals surface area contributed by atoms with Gasteiger partial charge in [0.2, 0.25) is 0 Å². The molecule has 1 aromatic carbocycles. The molecule has 0 aliphatic carbocycles. The second kappa shape index (κ2) is 5.01. The first-order valence-electron chi connectivity index (χ1n) is 6.67. The summed E-state index contributed by atoms with van der Waals surface area (Å²) in [5, 5.41) is 7.72. The van der Waals surface area contributed by atoms with E-state index < -0.39 is 0 Å². The Morgan fingerprint density at radius 2 is 1.89 bits per heavy atom. The minimum absolute atomic E-state index is 0.163. The maximum atomic E-state index is 7.72. The van der Waals surface area contributed by atoms with Crippen LogP contribution in [-0.2, 0) is 0 Å². The van der Waals surface area contributed by atoms with Crippen LogP contribution in [0.5, 0.6) is 0 Å². The Morgan fingerprint density at radius 1 is 1.28 bits per heavy atom. The van der Waals surface area contributed by atoms with E-state index in [1.165, 1.54) is 12.0 Å². The number of hydrogen-bond donors (Lipinski definition) is 2. The lowest BCUT2D eigenvalue weighted by molar-refractivity contribution is 0.357. The topological polar surface area (TPSA) is 53.1 Å². The van der Waals surface area contributed by atoms with Gasteiger partial charge >= 0.3 is 0 Å². The van der Waals surface area contributed by atoms with Crippen LogP contribution in [0.1, 0.15) is 31.4 Å². The smallest absolute Gasteiger partial charge is 0.124 e. The summed E-state index contributed by atoms with van der Waals surface area (Å²) in [4.78, 5) is 2.39. The number of hydrogen-bond acceptors (Lipinski definition) is 2. The van der Waals surface area contributed by atoms with Crippen molar-refractivity contribution < 1.29 is 0 Å². The minimum Gasteiger partial charge on any atom is -0.384 e. The predicted molar refractivity (Wildman–Crippen MR) is 77.4 cm³/mol. The molecule has 2 rings (SSSR count). The lowest BCUT2D eigenvalue weighted by Crippen LogP contribution is -2.39. The average Bonchev–Trinajstić information content (AvgIpc) is 2.27. The molecule has 1 aliphatic rings. The Hall–Kier alpha value is -1.51. The Bertz CT molecular complexity index is 443. The van der Waals surface area contributed by atoms with E-state index in [2.05, 4.69) is 31.7 Å². The zero-order valence-corrected chi connectivity index (χ0v) is 11.5. The number of piperidine rings is 1. The van der Waals surface area contributed by atoms with E-state index in [1.807, 2.05) is 12.1 Å². The summed E-state index contributed by atoms with van der Waals surface area (Å²) < 4.78 is 0. The predicted octanol–water partition coefficient (Wildman–Crippen LogP) is 2.76. The zero-order chi connectivity index (χ0) is 13.3. The van der Waals surface area contributed by atoms with Gasteiger partial charge in [-0.25, -0.2) is 0 Å². The number of nitrogens with zero attached hydrogens (tertiary/aromatic N) is 1. The van der Waals surface area contributed by atoms with Gasteiger partial charge in [0.25, 0.3) is 0 Å². The molecule has 1 heterocycles. The molecule has 3 N–H and O–H groups in total. The zero-order valence-electron chi connectivity index (χ0n) is 11.5. The molecule has 1 fully saturated rings. The fourth-order valence-electron chi connectivity index (χ4n) is 2.99. The number of nitrogen functional groups attached to an aromatic ring is 1. The van der Waals surface area contributed by atoms with E-state index in [9.17, 15) is 0 Å². The molecule has 1 saturated heterocycles. The average molecular weight is 245 g/mol. The van der Waals surface area contributed by atoms with Gasteiger partial charge in [-0.3, -0.25) is 5.41 Å². The van der Waals surface area contributed by atoms with Crippen molar-refractivity contribution in [3.8, 4) is 0 Å². The van der Waals surface area contributed by atoms with Gasteiger partial charge in [0.05, 0.1) is 0 Å². The molecule has 1 aromatic rings. The molecule has 0 bridgehead atoms. The lowest BCUT2D eigenvalue weighted by atomic mass is 9.91. The summed E-state index contributed by atoms with van der Waals surface area (Å²) >= 11 is 0. The first-order chi connectivity index (χ1) is 8.47. The number of amidine groups is 1. The van der Waals surface area contributed by atoms with E-state index in [0.29, 0.717) is 11.8 Å². The van der Waals surface area contributed by atoms with Gasteiger partial charge in [-0.05, 0) is 42.9 Å². The number of nitrogens with one attached hydrogen (secondary N) is 1. The largest absolute Gasteiger partial charge is 0.384 e. The standard InChI is InChI=1S/C15H23N3/c1-10-4-5-13(15(16)17)14(7-10)18-8-11(2)6-12(3)9-18/h4-5,7,11-12H,6,8-9H2,1-3H3,(H3,16,17). The van der Waals surface area contributed by atoms with Crippen LogP contribution in [0.4, 0.5) is 5.69 Å². The Kier molecular flexibility index (Phi) is 3.60. The first kappa shape index (κ1) is 12.9. The molecule has 0 spiro atoms. The fourth-order valence-corrected chi connectivity index (χ4v) is 2.99. The van der Waals surface area contributed by atoms with Crippen molar-refractivity contribution in [2.75, 3.05) is 18.0 Å². The van der Waals surface area contributed by atoms with Gasteiger partial charge < -0.3 is 10.6 Å². The van der Waals surface area contributed by atoms with Crippen molar-refractivity contribution in [3.05, 3.63) is 29.3 Å².